The normalized spacial score (nSPS) is 13.1. The molecule has 0 heterocycles. The van der Waals surface area contributed by atoms with E-state index in [1.807, 2.05) is 12.1 Å². The zero-order valence-electron chi connectivity index (χ0n) is 10.4. The van der Waals surface area contributed by atoms with Gasteiger partial charge in [-0.25, -0.2) is 0 Å². The van der Waals surface area contributed by atoms with E-state index in [0.29, 0.717) is 11.6 Å². The van der Waals surface area contributed by atoms with Gasteiger partial charge in [0.1, 0.15) is 0 Å². The van der Waals surface area contributed by atoms with E-state index < -0.39 is 21.8 Å². The summed E-state index contributed by atoms with van der Waals surface area (Å²) in [5.41, 5.74) is 1.67. The first-order valence-corrected chi connectivity index (χ1v) is 7.27. The van der Waals surface area contributed by atoms with Crippen LogP contribution < -0.4 is 5.32 Å². The molecule has 0 saturated carbocycles. The molecule has 1 aromatic carbocycles. The van der Waals surface area contributed by atoms with Crippen LogP contribution in [0.3, 0.4) is 0 Å². The third-order valence-corrected chi connectivity index (χ3v) is 3.32. The van der Waals surface area contributed by atoms with Gasteiger partial charge in [-0.1, -0.05) is 26.0 Å². The lowest BCUT2D eigenvalue weighted by Gasteiger charge is -2.10. The highest BCUT2D eigenvalue weighted by Crippen LogP contribution is 2.20. The Morgan fingerprint density at radius 2 is 1.89 bits per heavy atom. The van der Waals surface area contributed by atoms with Crippen molar-refractivity contribution in [2.24, 2.45) is 0 Å². The van der Waals surface area contributed by atoms with Gasteiger partial charge in [-0.05, 0) is 30.0 Å². The smallest absolute Gasteiger partial charge is 0.274 e. The van der Waals surface area contributed by atoms with Crippen LogP contribution in [0.4, 0.5) is 5.69 Å². The molecule has 0 bridgehead atoms. The second-order valence-corrected chi connectivity index (χ2v) is 5.66. The summed E-state index contributed by atoms with van der Waals surface area (Å²) in [4.78, 5) is 11.3. The van der Waals surface area contributed by atoms with Gasteiger partial charge in [-0.2, -0.15) is 8.42 Å². The maximum absolute atomic E-state index is 11.3. The van der Waals surface area contributed by atoms with Crippen molar-refractivity contribution in [2.45, 2.75) is 26.2 Å². The lowest BCUT2D eigenvalue weighted by Crippen LogP contribution is -2.22. The van der Waals surface area contributed by atoms with Crippen LogP contribution in [0.2, 0.25) is 0 Å². The molecule has 0 aromatic heterocycles. The number of carbonyl (C=O) groups excluding carboxylic acids is 1. The Morgan fingerprint density at radius 3 is 2.33 bits per heavy atom. The fourth-order valence-electron chi connectivity index (χ4n) is 1.49. The molecular weight excluding hydrogens is 254 g/mol. The Hall–Kier alpha value is -1.40. The fraction of sp³-hybridized carbons (Fsp3) is 0.417. The predicted octanol–water partition coefficient (Wildman–Crippen LogP) is 2.03. The standard InChI is InChI=1S/C12H17NO4S/c1-3-9(2)10-4-6-11(7-5-10)13-12(14)8-18(15,16)17/h4-7,9H,3,8H2,1-2H3,(H,13,14)(H,15,16,17). The summed E-state index contributed by atoms with van der Waals surface area (Å²) in [5, 5.41) is 2.40. The van der Waals surface area contributed by atoms with Crippen LogP contribution in [0, 0.1) is 0 Å². The molecule has 1 unspecified atom stereocenters. The summed E-state index contributed by atoms with van der Waals surface area (Å²) in [7, 11) is -4.28. The van der Waals surface area contributed by atoms with Crippen molar-refractivity contribution in [3.05, 3.63) is 29.8 Å². The van der Waals surface area contributed by atoms with Gasteiger partial charge >= 0.3 is 0 Å². The molecular formula is C12H17NO4S. The molecule has 18 heavy (non-hydrogen) atoms. The molecule has 2 N–H and O–H groups in total. The highest BCUT2D eigenvalue weighted by atomic mass is 32.2. The number of carbonyl (C=O) groups is 1. The van der Waals surface area contributed by atoms with E-state index >= 15 is 0 Å². The van der Waals surface area contributed by atoms with Gasteiger partial charge in [0.25, 0.3) is 10.1 Å². The molecule has 1 amide bonds. The minimum absolute atomic E-state index is 0.438. The average Bonchev–Trinajstić information content (AvgIpc) is 2.26. The molecule has 0 aliphatic carbocycles. The molecule has 1 rings (SSSR count). The van der Waals surface area contributed by atoms with E-state index in [-0.39, 0.29) is 0 Å². The third-order valence-electron chi connectivity index (χ3n) is 2.69. The summed E-state index contributed by atoms with van der Waals surface area (Å²) < 4.78 is 29.5. The van der Waals surface area contributed by atoms with Crippen LogP contribution in [0.5, 0.6) is 0 Å². The summed E-state index contributed by atoms with van der Waals surface area (Å²) in [6.07, 6.45) is 1.02. The molecule has 1 atom stereocenters. The van der Waals surface area contributed by atoms with Crippen molar-refractivity contribution < 1.29 is 17.8 Å². The van der Waals surface area contributed by atoms with Crippen LogP contribution in [0.15, 0.2) is 24.3 Å². The highest BCUT2D eigenvalue weighted by Gasteiger charge is 2.12. The first-order chi connectivity index (χ1) is 8.31. The molecule has 0 spiro atoms. The predicted molar refractivity (Wildman–Crippen MR) is 70.2 cm³/mol. The van der Waals surface area contributed by atoms with Crippen molar-refractivity contribution in [3.8, 4) is 0 Å². The third kappa shape index (κ3) is 4.85. The van der Waals surface area contributed by atoms with Crippen molar-refractivity contribution >= 4 is 21.7 Å². The molecule has 100 valence electrons. The topological polar surface area (TPSA) is 83.5 Å². The number of anilines is 1. The van der Waals surface area contributed by atoms with Crippen molar-refractivity contribution in [1.82, 2.24) is 0 Å². The molecule has 5 nitrogen and oxygen atoms in total. The monoisotopic (exact) mass is 271 g/mol. The van der Waals surface area contributed by atoms with Crippen LogP contribution in [-0.2, 0) is 14.9 Å². The summed E-state index contributed by atoms with van der Waals surface area (Å²) in [5.74, 6) is -1.25. The van der Waals surface area contributed by atoms with E-state index in [9.17, 15) is 13.2 Å². The molecule has 0 aliphatic heterocycles. The minimum Gasteiger partial charge on any atom is -0.325 e. The number of nitrogens with one attached hydrogen (secondary N) is 1. The Kier molecular flexibility index (Phi) is 4.86. The maximum Gasteiger partial charge on any atom is 0.274 e. The SMILES string of the molecule is CCC(C)c1ccc(NC(=O)CS(=O)(=O)O)cc1. The number of benzene rings is 1. The van der Waals surface area contributed by atoms with E-state index in [1.54, 1.807) is 12.1 Å². The minimum atomic E-state index is -4.28. The maximum atomic E-state index is 11.3. The Labute approximate surface area is 107 Å². The van der Waals surface area contributed by atoms with Gasteiger partial charge in [-0.3, -0.25) is 9.35 Å². The largest absolute Gasteiger partial charge is 0.325 e. The van der Waals surface area contributed by atoms with Crippen LogP contribution in [-0.4, -0.2) is 24.6 Å². The van der Waals surface area contributed by atoms with E-state index in [1.165, 1.54) is 0 Å². The van der Waals surface area contributed by atoms with Gasteiger partial charge in [0.2, 0.25) is 5.91 Å². The van der Waals surface area contributed by atoms with Gasteiger partial charge in [0, 0.05) is 5.69 Å². The molecule has 1 aromatic rings. The number of hydrogen-bond acceptors (Lipinski definition) is 3. The van der Waals surface area contributed by atoms with Crippen LogP contribution in [0.1, 0.15) is 31.7 Å². The number of hydrogen-bond donors (Lipinski definition) is 2. The Balaban J connectivity index is 2.67. The first-order valence-electron chi connectivity index (χ1n) is 5.67. The lowest BCUT2D eigenvalue weighted by atomic mass is 9.99. The Morgan fingerprint density at radius 1 is 1.33 bits per heavy atom. The molecule has 0 saturated heterocycles. The van der Waals surface area contributed by atoms with E-state index in [0.717, 1.165) is 12.0 Å². The number of rotatable bonds is 5. The van der Waals surface area contributed by atoms with Gasteiger partial charge in [0.15, 0.2) is 5.75 Å². The van der Waals surface area contributed by atoms with E-state index in [4.69, 9.17) is 4.55 Å². The van der Waals surface area contributed by atoms with Crippen LogP contribution >= 0.6 is 0 Å². The van der Waals surface area contributed by atoms with E-state index in [2.05, 4.69) is 19.2 Å². The molecule has 0 fully saturated rings. The summed E-state index contributed by atoms with van der Waals surface area (Å²) >= 11 is 0. The van der Waals surface area contributed by atoms with Gasteiger partial charge in [0.05, 0.1) is 0 Å². The molecule has 0 radical (unpaired) electrons. The number of amides is 1. The first kappa shape index (κ1) is 14.7. The molecule has 6 heteroatoms. The van der Waals surface area contributed by atoms with Gasteiger partial charge < -0.3 is 5.32 Å². The Bertz CT molecular complexity index is 507. The summed E-state index contributed by atoms with van der Waals surface area (Å²) in [6, 6.07) is 7.20. The second-order valence-electron chi connectivity index (χ2n) is 4.21. The van der Waals surface area contributed by atoms with Crippen molar-refractivity contribution in [3.63, 3.8) is 0 Å². The van der Waals surface area contributed by atoms with Crippen molar-refractivity contribution in [1.29, 1.82) is 0 Å². The summed E-state index contributed by atoms with van der Waals surface area (Å²) in [6.45, 7) is 4.19. The zero-order valence-corrected chi connectivity index (χ0v) is 11.2. The lowest BCUT2D eigenvalue weighted by molar-refractivity contribution is -0.113. The average molecular weight is 271 g/mol. The van der Waals surface area contributed by atoms with Gasteiger partial charge in [-0.15, -0.1) is 0 Å². The van der Waals surface area contributed by atoms with Crippen LogP contribution in [0.25, 0.3) is 0 Å². The second kappa shape index (κ2) is 5.97. The van der Waals surface area contributed by atoms with Crippen molar-refractivity contribution in [2.75, 3.05) is 11.1 Å². The zero-order chi connectivity index (χ0) is 13.8. The molecule has 0 aliphatic rings. The quantitative estimate of drug-likeness (QED) is 0.803. The highest BCUT2D eigenvalue weighted by molar-refractivity contribution is 7.86. The fourth-order valence-corrected chi connectivity index (χ4v) is 1.90.